The molecule has 2 saturated heterocycles. The zero-order valence-corrected chi connectivity index (χ0v) is 16.1. The summed E-state index contributed by atoms with van der Waals surface area (Å²) in [5.41, 5.74) is 0.266. The van der Waals surface area contributed by atoms with E-state index in [1.54, 1.807) is 17.9 Å². The van der Waals surface area contributed by atoms with Crippen molar-refractivity contribution in [2.75, 3.05) is 58.7 Å². The summed E-state index contributed by atoms with van der Waals surface area (Å²) in [5.74, 6) is 0.360. The lowest BCUT2D eigenvalue weighted by Crippen LogP contribution is -2.47. The molecule has 0 saturated carbocycles. The van der Waals surface area contributed by atoms with Gasteiger partial charge in [0.05, 0.1) is 19.5 Å². The minimum Gasteiger partial charge on any atom is -0.379 e. The second-order valence-corrected chi connectivity index (χ2v) is 8.78. The molecule has 1 aromatic heterocycles. The third-order valence-corrected chi connectivity index (χ3v) is 6.20. The number of likely N-dealkylation sites (tertiary alicyclic amines) is 1. The molecule has 2 aliphatic rings. The van der Waals surface area contributed by atoms with Gasteiger partial charge in [0.2, 0.25) is 10.0 Å². The van der Waals surface area contributed by atoms with Crippen molar-refractivity contribution in [3.63, 3.8) is 0 Å². The Morgan fingerprint density at radius 2 is 2.08 bits per heavy atom. The highest BCUT2D eigenvalue weighted by molar-refractivity contribution is 7.88. The van der Waals surface area contributed by atoms with Gasteiger partial charge < -0.3 is 14.2 Å². The maximum atomic E-state index is 12.5. The highest BCUT2D eigenvalue weighted by Crippen LogP contribution is 2.20. The molecule has 146 valence electrons. The zero-order chi connectivity index (χ0) is 18.7. The molecule has 1 aromatic rings. The van der Waals surface area contributed by atoms with Crippen molar-refractivity contribution >= 4 is 15.9 Å². The van der Waals surface area contributed by atoms with Crippen molar-refractivity contribution in [2.45, 2.75) is 19.4 Å². The first-order chi connectivity index (χ1) is 12.3. The lowest BCUT2D eigenvalue weighted by molar-refractivity contribution is 0.0353. The van der Waals surface area contributed by atoms with E-state index in [1.807, 2.05) is 0 Å². The quantitative estimate of drug-likeness (QED) is 0.667. The van der Waals surface area contributed by atoms with Gasteiger partial charge in [-0.25, -0.2) is 8.42 Å². The minimum absolute atomic E-state index is 0.206. The van der Waals surface area contributed by atoms with Gasteiger partial charge in [-0.1, -0.05) is 5.16 Å². The van der Waals surface area contributed by atoms with Gasteiger partial charge in [-0.15, -0.1) is 0 Å². The van der Waals surface area contributed by atoms with E-state index < -0.39 is 10.0 Å². The van der Waals surface area contributed by atoms with Gasteiger partial charge in [0.15, 0.2) is 5.69 Å². The van der Waals surface area contributed by atoms with Crippen LogP contribution >= 0.6 is 0 Å². The fourth-order valence-corrected chi connectivity index (χ4v) is 4.60. The van der Waals surface area contributed by atoms with Crippen LogP contribution in [0.15, 0.2) is 10.6 Å². The largest absolute Gasteiger partial charge is 0.379 e. The van der Waals surface area contributed by atoms with E-state index in [4.69, 9.17) is 9.26 Å². The molecule has 2 fully saturated rings. The van der Waals surface area contributed by atoms with Crippen LogP contribution in [0.3, 0.4) is 0 Å². The monoisotopic (exact) mass is 386 g/mol. The van der Waals surface area contributed by atoms with Crippen LogP contribution in [0.1, 0.15) is 22.7 Å². The van der Waals surface area contributed by atoms with Gasteiger partial charge in [-0.05, 0) is 13.3 Å². The molecule has 0 bridgehead atoms. The first kappa shape index (κ1) is 19.3. The average molecular weight is 386 g/mol. The summed E-state index contributed by atoms with van der Waals surface area (Å²) in [6.45, 7) is 6.71. The van der Waals surface area contributed by atoms with E-state index in [9.17, 15) is 13.2 Å². The molecular weight excluding hydrogens is 360 g/mol. The summed E-state index contributed by atoms with van der Waals surface area (Å²) in [7, 11) is -3.36. The molecule has 10 heteroatoms. The molecular formula is C16H26N4O5S. The molecule has 0 N–H and O–H groups in total. The minimum atomic E-state index is -3.36. The van der Waals surface area contributed by atoms with Crippen LogP contribution in [0, 0.1) is 6.92 Å². The number of carbonyl (C=O) groups is 1. The average Bonchev–Trinajstić information content (AvgIpc) is 3.24. The number of rotatable bonds is 6. The topological polar surface area (TPSA) is 96.2 Å². The number of ether oxygens (including phenoxy) is 1. The molecule has 1 unspecified atom stereocenters. The van der Waals surface area contributed by atoms with Gasteiger partial charge in [-0.2, -0.15) is 4.31 Å². The van der Waals surface area contributed by atoms with E-state index >= 15 is 0 Å². The Morgan fingerprint density at radius 3 is 2.69 bits per heavy atom. The lowest BCUT2D eigenvalue weighted by Gasteiger charge is -2.31. The van der Waals surface area contributed by atoms with Gasteiger partial charge in [0.25, 0.3) is 5.91 Å². The van der Waals surface area contributed by atoms with Crippen LogP contribution < -0.4 is 0 Å². The third kappa shape index (κ3) is 4.61. The molecule has 3 heterocycles. The normalized spacial score (nSPS) is 22.3. The lowest BCUT2D eigenvalue weighted by atomic mass is 10.2. The van der Waals surface area contributed by atoms with Crippen LogP contribution in [0.5, 0.6) is 0 Å². The Hall–Kier alpha value is -1.49. The van der Waals surface area contributed by atoms with E-state index in [1.165, 1.54) is 10.6 Å². The SMILES string of the molecule is Cc1cc(C(=O)N2CCC(N(CCN3CCOCC3)S(C)(=O)=O)C2)no1. The second-order valence-electron chi connectivity index (χ2n) is 6.84. The van der Waals surface area contributed by atoms with Crippen molar-refractivity contribution in [1.29, 1.82) is 0 Å². The van der Waals surface area contributed by atoms with Crippen LogP contribution in [0.2, 0.25) is 0 Å². The highest BCUT2D eigenvalue weighted by atomic mass is 32.2. The first-order valence-corrected chi connectivity index (χ1v) is 10.7. The summed E-state index contributed by atoms with van der Waals surface area (Å²) in [4.78, 5) is 16.4. The van der Waals surface area contributed by atoms with Gasteiger partial charge in [-0.3, -0.25) is 9.69 Å². The fraction of sp³-hybridized carbons (Fsp3) is 0.750. The Bertz CT molecular complexity index is 729. The van der Waals surface area contributed by atoms with E-state index in [0.717, 1.165) is 13.1 Å². The number of aromatic nitrogens is 1. The molecule has 1 atom stereocenters. The molecule has 3 rings (SSSR count). The number of sulfonamides is 1. The molecule has 0 radical (unpaired) electrons. The molecule has 26 heavy (non-hydrogen) atoms. The molecule has 2 aliphatic heterocycles. The first-order valence-electron chi connectivity index (χ1n) is 8.84. The number of carbonyl (C=O) groups excluding carboxylic acids is 1. The molecule has 0 spiro atoms. The van der Waals surface area contributed by atoms with Crippen molar-refractivity contribution in [3.8, 4) is 0 Å². The maximum absolute atomic E-state index is 12.5. The summed E-state index contributed by atoms with van der Waals surface area (Å²) >= 11 is 0. The van der Waals surface area contributed by atoms with Gasteiger partial charge >= 0.3 is 0 Å². The maximum Gasteiger partial charge on any atom is 0.276 e. The number of amides is 1. The summed E-state index contributed by atoms with van der Waals surface area (Å²) in [6, 6.07) is 1.39. The summed E-state index contributed by atoms with van der Waals surface area (Å²) in [5, 5.41) is 3.76. The van der Waals surface area contributed by atoms with Gasteiger partial charge in [0, 0.05) is 51.4 Å². The van der Waals surface area contributed by atoms with Crippen LogP contribution in [0.25, 0.3) is 0 Å². The Balaban J connectivity index is 1.61. The zero-order valence-electron chi connectivity index (χ0n) is 15.3. The molecule has 0 aliphatic carbocycles. The van der Waals surface area contributed by atoms with Crippen molar-refractivity contribution in [1.82, 2.24) is 19.3 Å². The fourth-order valence-electron chi connectivity index (χ4n) is 3.47. The molecule has 0 aromatic carbocycles. The second kappa shape index (κ2) is 8.03. The highest BCUT2D eigenvalue weighted by Gasteiger charge is 2.35. The predicted octanol–water partition coefficient (Wildman–Crippen LogP) is -0.209. The van der Waals surface area contributed by atoms with Crippen LogP contribution in [0.4, 0.5) is 0 Å². The van der Waals surface area contributed by atoms with Crippen molar-refractivity contribution < 1.29 is 22.5 Å². The smallest absolute Gasteiger partial charge is 0.276 e. The Morgan fingerprint density at radius 1 is 1.35 bits per heavy atom. The number of aryl methyl sites for hydroxylation is 1. The van der Waals surface area contributed by atoms with Gasteiger partial charge in [0.1, 0.15) is 5.76 Å². The Labute approximate surface area is 153 Å². The summed E-state index contributed by atoms with van der Waals surface area (Å²) < 4.78 is 36.4. The van der Waals surface area contributed by atoms with E-state index in [2.05, 4.69) is 10.1 Å². The number of hydrogen-bond donors (Lipinski definition) is 0. The predicted molar refractivity (Wildman–Crippen MR) is 94.4 cm³/mol. The van der Waals surface area contributed by atoms with Crippen molar-refractivity contribution in [2.24, 2.45) is 0 Å². The number of hydrogen-bond acceptors (Lipinski definition) is 7. The van der Waals surface area contributed by atoms with Crippen LogP contribution in [-0.4, -0.2) is 98.4 Å². The standard InChI is InChI=1S/C16H26N4O5S/c1-13-11-15(17-25-13)16(21)19-4-3-14(12-19)20(26(2,22)23)6-5-18-7-9-24-10-8-18/h11,14H,3-10,12H2,1-2H3. The Kier molecular flexibility index (Phi) is 5.96. The molecule has 9 nitrogen and oxygen atoms in total. The number of morpholine rings is 1. The third-order valence-electron chi connectivity index (χ3n) is 4.87. The summed E-state index contributed by atoms with van der Waals surface area (Å²) in [6.07, 6.45) is 1.86. The molecule has 1 amide bonds. The van der Waals surface area contributed by atoms with E-state index in [0.29, 0.717) is 51.6 Å². The van der Waals surface area contributed by atoms with E-state index in [-0.39, 0.29) is 17.6 Å². The number of nitrogens with zero attached hydrogens (tertiary/aromatic N) is 4. The van der Waals surface area contributed by atoms with Crippen molar-refractivity contribution in [3.05, 3.63) is 17.5 Å². The van der Waals surface area contributed by atoms with Crippen LogP contribution in [-0.2, 0) is 14.8 Å².